The van der Waals surface area contributed by atoms with E-state index < -0.39 is 28.7 Å². The molecule has 3 fully saturated rings. The molecule has 9 heteroatoms. The van der Waals surface area contributed by atoms with Gasteiger partial charge in [0, 0.05) is 17.5 Å². The number of benzene rings is 1. The summed E-state index contributed by atoms with van der Waals surface area (Å²) < 4.78 is 4.82. The van der Waals surface area contributed by atoms with Gasteiger partial charge in [0.15, 0.2) is 0 Å². The van der Waals surface area contributed by atoms with E-state index in [1.165, 1.54) is 0 Å². The van der Waals surface area contributed by atoms with Crippen LogP contribution >= 0.6 is 11.8 Å². The highest BCUT2D eigenvalue weighted by Crippen LogP contribution is 2.69. The Hall–Kier alpha value is -2.26. The summed E-state index contributed by atoms with van der Waals surface area (Å²) >= 11 is 1.66. The Bertz CT molecular complexity index is 1040. The van der Waals surface area contributed by atoms with E-state index in [4.69, 9.17) is 4.74 Å². The largest absolute Gasteiger partial charge is 0.494 e. The quantitative estimate of drug-likeness (QED) is 0.315. The molecule has 39 heavy (non-hydrogen) atoms. The first kappa shape index (κ1) is 29.7. The summed E-state index contributed by atoms with van der Waals surface area (Å²) in [4.78, 5) is 43.7. The lowest BCUT2D eigenvalue weighted by Crippen LogP contribution is -2.59. The molecule has 3 saturated heterocycles. The first-order valence-corrected chi connectivity index (χ1v) is 15.5. The number of nitrogens with one attached hydrogen (secondary N) is 2. The third-order valence-electron chi connectivity index (χ3n) is 9.09. The van der Waals surface area contributed by atoms with Gasteiger partial charge in [-0.1, -0.05) is 47.0 Å². The van der Waals surface area contributed by atoms with Crippen molar-refractivity contribution in [3.8, 4) is 5.75 Å². The third kappa shape index (κ3) is 5.29. The molecule has 0 saturated carbocycles. The Morgan fingerprint density at radius 1 is 1.18 bits per heavy atom. The van der Waals surface area contributed by atoms with Gasteiger partial charge in [0.25, 0.3) is 0 Å². The second-order valence-electron chi connectivity index (χ2n) is 11.4. The molecule has 8 nitrogen and oxygen atoms in total. The van der Waals surface area contributed by atoms with Crippen LogP contribution in [0.25, 0.3) is 0 Å². The maximum absolute atomic E-state index is 14.3. The van der Waals surface area contributed by atoms with Crippen molar-refractivity contribution < 1.29 is 24.2 Å². The van der Waals surface area contributed by atoms with Gasteiger partial charge in [-0.3, -0.25) is 14.4 Å². The smallest absolute Gasteiger partial charge is 0.244 e. The number of ether oxygens (including phenoxy) is 1. The van der Waals surface area contributed by atoms with Gasteiger partial charge in [-0.05, 0) is 55.9 Å². The van der Waals surface area contributed by atoms with Gasteiger partial charge in [-0.15, -0.1) is 11.8 Å². The molecule has 3 heterocycles. The van der Waals surface area contributed by atoms with Gasteiger partial charge in [0.2, 0.25) is 17.7 Å². The van der Waals surface area contributed by atoms with Crippen molar-refractivity contribution >= 4 is 35.2 Å². The van der Waals surface area contributed by atoms with Crippen molar-refractivity contribution in [3.63, 3.8) is 0 Å². The molecule has 216 valence electrons. The van der Waals surface area contributed by atoms with E-state index in [-0.39, 0.29) is 41.4 Å². The number of rotatable bonds is 13. The molecule has 4 rings (SSSR count). The molecule has 2 bridgehead atoms. The fourth-order valence-electron chi connectivity index (χ4n) is 6.94. The predicted molar refractivity (Wildman–Crippen MR) is 155 cm³/mol. The first-order chi connectivity index (χ1) is 18.7. The highest BCUT2D eigenvalue weighted by molar-refractivity contribution is 8.02. The lowest BCUT2D eigenvalue weighted by atomic mass is 9.66. The summed E-state index contributed by atoms with van der Waals surface area (Å²) in [7, 11) is 0. The van der Waals surface area contributed by atoms with E-state index >= 15 is 0 Å². The van der Waals surface area contributed by atoms with Crippen LogP contribution in [0.15, 0.2) is 24.3 Å². The summed E-state index contributed by atoms with van der Waals surface area (Å²) in [5.74, 6) is -0.829. The predicted octanol–water partition coefficient (Wildman–Crippen LogP) is 4.07. The molecule has 1 aromatic carbocycles. The summed E-state index contributed by atoms with van der Waals surface area (Å²) in [6, 6.07) is 6.06. The number of aliphatic hydroxyl groups is 1. The third-order valence-corrected chi connectivity index (χ3v) is 11.2. The Morgan fingerprint density at radius 3 is 2.51 bits per heavy atom. The molecule has 3 aliphatic rings. The number of carbonyl (C=O) groups is 3. The molecule has 1 aromatic rings. The van der Waals surface area contributed by atoms with E-state index in [0.29, 0.717) is 18.8 Å². The Kier molecular flexibility index (Phi) is 9.53. The fraction of sp³-hybridized carbons (Fsp3) is 0.700. The summed E-state index contributed by atoms with van der Waals surface area (Å²) in [6.07, 6.45) is 4.50. The number of aliphatic hydroxyl groups excluding tert-OH is 1. The fourth-order valence-corrected chi connectivity index (χ4v) is 9.35. The Morgan fingerprint density at radius 2 is 1.90 bits per heavy atom. The number of amides is 3. The molecule has 3 aliphatic heterocycles. The average Bonchev–Trinajstić information content (AvgIpc) is 3.52. The van der Waals surface area contributed by atoms with Gasteiger partial charge < -0.3 is 25.4 Å². The molecule has 8 atom stereocenters. The van der Waals surface area contributed by atoms with Gasteiger partial charge in [0.05, 0.1) is 35.8 Å². The molecule has 1 spiro atoms. The Balaban J connectivity index is 1.66. The first-order valence-electron chi connectivity index (χ1n) is 14.7. The molecular weight excluding hydrogens is 514 g/mol. The zero-order chi connectivity index (χ0) is 28.3. The second kappa shape index (κ2) is 12.5. The lowest BCUT2D eigenvalue weighted by molar-refractivity contribution is -0.143. The van der Waals surface area contributed by atoms with Crippen LogP contribution in [0.2, 0.25) is 0 Å². The van der Waals surface area contributed by atoms with Gasteiger partial charge >= 0.3 is 0 Å². The van der Waals surface area contributed by atoms with E-state index in [2.05, 4.69) is 24.5 Å². The number of anilines is 1. The lowest BCUT2D eigenvalue weighted by Gasteiger charge is -2.41. The van der Waals surface area contributed by atoms with Crippen molar-refractivity contribution in [1.82, 2.24) is 10.2 Å². The summed E-state index contributed by atoms with van der Waals surface area (Å²) in [6.45, 7) is 11.1. The number of unbranched alkanes of at least 4 members (excludes halogenated alkanes) is 2. The number of fused-ring (bicyclic) bond motifs is 1. The number of likely N-dealkylation sites (tertiary alicyclic amines) is 1. The minimum Gasteiger partial charge on any atom is -0.494 e. The van der Waals surface area contributed by atoms with Crippen molar-refractivity contribution in [2.24, 2.45) is 23.7 Å². The van der Waals surface area contributed by atoms with E-state index in [1.54, 1.807) is 16.7 Å². The van der Waals surface area contributed by atoms with E-state index in [1.807, 2.05) is 45.0 Å². The molecule has 3 amide bonds. The van der Waals surface area contributed by atoms with Crippen molar-refractivity contribution in [2.75, 3.05) is 25.1 Å². The summed E-state index contributed by atoms with van der Waals surface area (Å²) in [5, 5.41) is 16.6. The maximum atomic E-state index is 14.3. The van der Waals surface area contributed by atoms with E-state index in [9.17, 15) is 19.5 Å². The van der Waals surface area contributed by atoms with Crippen molar-refractivity contribution in [3.05, 3.63) is 24.3 Å². The van der Waals surface area contributed by atoms with Gasteiger partial charge in [0.1, 0.15) is 11.8 Å². The summed E-state index contributed by atoms with van der Waals surface area (Å²) in [5.41, 5.74) is 0.652. The Labute approximate surface area is 237 Å². The average molecular weight is 560 g/mol. The van der Waals surface area contributed by atoms with Crippen LogP contribution in [0.5, 0.6) is 5.75 Å². The van der Waals surface area contributed by atoms with Crippen LogP contribution in [0.4, 0.5) is 5.69 Å². The van der Waals surface area contributed by atoms with Crippen LogP contribution in [-0.4, -0.2) is 69.6 Å². The van der Waals surface area contributed by atoms with Crippen molar-refractivity contribution in [2.45, 2.75) is 88.8 Å². The zero-order valence-corrected chi connectivity index (χ0v) is 24.8. The number of thioether (sulfide) groups is 1. The van der Waals surface area contributed by atoms with Crippen LogP contribution in [-0.2, 0) is 14.4 Å². The minimum absolute atomic E-state index is 0.0122. The molecule has 0 aromatic heterocycles. The molecular formula is C30H45N3O5S. The number of carbonyl (C=O) groups excluding carboxylic acids is 3. The molecule has 3 unspecified atom stereocenters. The van der Waals surface area contributed by atoms with Crippen molar-refractivity contribution in [1.29, 1.82) is 0 Å². The van der Waals surface area contributed by atoms with Crippen LogP contribution < -0.4 is 15.4 Å². The highest BCUT2D eigenvalue weighted by atomic mass is 32.2. The monoisotopic (exact) mass is 559 g/mol. The normalized spacial score (nSPS) is 30.7. The van der Waals surface area contributed by atoms with Crippen LogP contribution in [0.3, 0.4) is 0 Å². The van der Waals surface area contributed by atoms with Gasteiger partial charge in [-0.25, -0.2) is 0 Å². The number of hydrogen-bond acceptors (Lipinski definition) is 6. The van der Waals surface area contributed by atoms with Gasteiger partial charge in [-0.2, -0.15) is 0 Å². The topological polar surface area (TPSA) is 108 Å². The van der Waals surface area contributed by atoms with E-state index in [0.717, 1.165) is 37.9 Å². The second-order valence-corrected chi connectivity index (χ2v) is 12.9. The number of hydrogen-bond donors (Lipinski definition) is 3. The molecule has 0 aliphatic carbocycles. The highest BCUT2D eigenvalue weighted by Gasteiger charge is 2.76. The maximum Gasteiger partial charge on any atom is 0.244 e. The number of nitrogens with zero attached hydrogens (tertiary/aromatic N) is 1. The standard InChI is InChI=1S/C30H45N3O5S/c1-6-9-10-15-31-28(36)26-30-19(5)16-23(39-30)24(25(30)29(37)33(26)22(17-34)18(4)7-2)27(35)32-20-11-13-21(14-12-20)38-8-3/h11-14,18-19,22-26,34H,6-10,15-17H2,1-5H3,(H,31,36)(H,32,35)/t18-,19?,22-,23-,24+,25-,26?,30?/m0/s1. The minimum atomic E-state index is -0.712. The van der Waals surface area contributed by atoms with Crippen LogP contribution in [0, 0.1) is 23.7 Å². The SMILES string of the molecule is CCCCCNC(=O)C1N([C@@H](CO)[C@@H](C)CC)C(=O)[C@@H]2[C@H](C(=O)Nc3ccc(OCC)cc3)[C@@H]3CC(C)C12S3. The zero-order valence-electron chi connectivity index (χ0n) is 23.9. The molecule has 0 radical (unpaired) electrons. The molecule has 3 N–H and O–H groups in total. The van der Waals surface area contributed by atoms with Crippen LogP contribution in [0.1, 0.15) is 66.7 Å².